The SMILES string of the molecule is CC(C)(C)c1c(CCCCl)ccc2c1[nH]c1ccccc12. The second-order valence-corrected chi connectivity index (χ2v) is 7.11. The van der Waals surface area contributed by atoms with Gasteiger partial charge in [0.1, 0.15) is 0 Å². The van der Waals surface area contributed by atoms with E-state index in [2.05, 4.69) is 62.2 Å². The van der Waals surface area contributed by atoms with Crippen LogP contribution >= 0.6 is 11.6 Å². The van der Waals surface area contributed by atoms with Crippen LogP contribution in [0.1, 0.15) is 38.3 Å². The van der Waals surface area contributed by atoms with Gasteiger partial charge < -0.3 is 4.98 Å². The molecule has 0 atom stereocenters. The molecule has 0 saturated heterocycles. The van der Waals surface area contributed by atoms with Gasteiger partial charge >= 0.3 is 0 Å². The smallest absolute Gasteiger partial charge is 0.0505 e. The van der Waals surface area contributed by atoms with Crippen molar-refractivity contribution in [3.05, 3.63) is 47.5 Å². The van der Waals surface area contributed by atoms with Crippen molar-refractivity contribution < 1.29 is 0 Å². The number of alkyl halides is 1. The number of benzene rings is 2. The molecule has 0 amide bonds. The van der Waals surface area contributed by atoms with Crippen molar-refractivity contribution in [1.29, 1.82) is 0 Å². The zero-order chi connectivity index (χ0) is 15.0. The fourth-order valence-corrected chi connectivity index (χ4v) is 3.42. The number of aryl methyl sites for hydroxylation is 1. The number of rotatable bonds is 3. The molecule has 0 saturated carbocycles. The lowest BCUT2D eigenvalue weighted by molar-refractivity contribution is 0.586. The van der Waals surface area contributed by atoms with Crippen LogP contribution < -0.4 is 0 Å². The highest BCUT2D eigenvalue weighted by molar-refractivity contribution is 6.17. The van der Waals surface area contributed by atoms with E-state index in [4.69, 9.17) is 11.6 Å². The summed E-state index contributed by atoms with van der Waals surface area (Å²) in [4.78, 5) is 3.64. The van der Waals surface area contributed by atoms with Gasteiger partial charge in [0.15, 0.2) is 0 Å². The highest BCUT2D eigenvalue weighted by Crippen LogP contribution is 2.36. The molecule has 3 rings (SSSR count). The number of halogens is 1. The molecule has 3 aromatic rings. The summed E-state index contributed by atoms with van der Waals surface area (Å²) in [5, 5.41) is 2.63. The van der Waals surface area contributed by atoms with Crippen LogP contribution in [-0.2, 0) is 11.8 Å². The topological polar surface area (TPSA) is 15.8 Å². The first-order chi connectivity index (χ1) is 10.0. The van der Waals surface area contributed by atoms with Crippen LogP contribution in [0.25, 0.3) is 21.8 Å². The lowest BCUT2D eigenvalue weighted by Crippen LogP contribution is -2.15. The zero-order valence-electron chi connectivity index (χ0n) is 13.0. The van der Waals surface area contributed by atoms with E-state index in [1.165, 1.54) is 32.9 Å². The largest absolute Gasteiger partial charge is 0.354 e. The second kappa shape index (κ2) is 5.38. The minimum Gasteiger partial charge on any atom is -0.354 e. The molecular formula is C19H22ClN. The third-order valence-corrected chi connectivity index (χ3v) is 4.37. The van der Waals surface area contributed by atoms with Crippen molar-refractivity contribution in [2.45, 2.75) is 39.0 Å². The third-order valence-electron chi connectivity index (χ3n) is 4.10. The Kier molecular flexibility index (Phi) is 3.71. The number of H-pyrrole nitrogens is 1. The first-order valence-electron chi connectivity index (χ1n) is 7.61. The maximum atomic E-state index is 5.89. The Bertz CT molecular complexity index is 777. The van der Waals surface area contributed by atoms with Crippen molar-refractivity contribution in [2.75, 3.05) is 5.88 Å². The van der Waals surface area contributed by atoms with Crippen LogP contribution in [-0.4, -0.2) is 10.9 Å². The first kappa shape index (κ1) is 14.5. The number of hydrogen-bond acceptors (Lipinski definition) is 0. The van der Waals surface area contributed by atoms with Crippen molar-refractivity contribution in [2.24, 2.45) is 0 Å². The molecule has 1 aromatic heterocycles. The molecule has 0 unspecified atom stereocenters. The number of aromatic amines is 1. The molecule has 110 valence electrons. The van der Waals surface area contributed by atoms with Gasteiger partial charge in [-0.1, -0.05) is 51.1 Å². The van der Waals surface area contributed by atoms with Gasteiger partial charge in [-0.25, -0.2) is 0 Å². The minimum absolute atomic E-state index is 0.113. The van der Waals surface area contributed by atoms with Crippen molar-refractivity contribution in [3.8, 4) is 0 Å². The Morgan fingerprint density at radius 3 is 2.48 bits per heavy atom. The van der Waals surface area contributed by atoms with E-state index in [-0.39, 0.29) is 5.41 Å². The predicted molar refractivity (Wildman–Crippen MR) is 93.5 cm³/mol. The van der Waals surface area contributed by atoms with E-state index in [0.29, 0.717) is 5.88 Å². The maximum absolute atomic E-state index is 5.89. The lowest BCUT2D eigenvalue weighted by atomic mass is 9.81. The van der Waals surface area contributed by atoms with Gasteiger partial charge in [-0.15, -0.1) is 11.6 Å². The van der Waals surface area contributed by atoms with Crippen LogP contribution in [0.5, 0.6) is 0 Å². The Balaban J connectivity index is 2.32. The van der Waals surface area contributed by atoms with E-state index in [1.54, 1.807) is 0 Å². The number of aromatic nitrogens is 1. The number of para-hydroxylation sites is 1. The molecule has 1 nitrogen and oxygen atoms in total. The zero-order valence-corrected chi connectivity index (χ0v) is 13.7. The molecule has 0 aliphatic rings. The maximum Gasteiger partial charge on any atom is 0.0505 e. The molecule has 2 heteroatoms. The van der Waals surface area contributed by atoms with Crippen molar-refractivity contribution in [3.63, 3.8) is 0 Å². The van der Waals surface area contributed by atoms with Crippen LogP contribution in [0, 0.1) is 0 Å². The highest BCUT2D eigenvalue weighted by atomic mass is 35.5. The monoisotopic (exact) mass is 299 g/mol. The van der Waals surface area contributed by atoms with Crippen LogP contribution in [0.2, 0.25) is 0 Å². The van der Waals surface area contributed by atoms with E-state index in [0.717, 1.165) is 12.8 Å². The molecule has 0 fully saturated rings. The summed E-state index contributed by atoms with van der Waals surface area (Å²) in [5.41, 5.74) is 5.47. The number of nitrogens with one attached hydrogen (secondary N) is 1. The quantitative estimate of drug-likeness (QED) is 0.589. The molecule has 0 aliphatic heterocycles. The van der Waals surface area contributed by atoms with Crippen LogP contribution in [0.3, 0.4) is 0 Å². The summed E-state index contributed by atoms with van der Waals surface area (Å²) >= 11 is 5.89. The van der Waals surface area contributed by atoms with E-state index < -0.39 is 0 Å². The molecule has 0 spiro atoms. The summed E-state index contributed by atoms with van der Waals surface area (Å²) in [7, 11) is 0. The van der Waals surface area contributed by atoms with E-state index >= 15 is 0 Å². The van der Waals surface area contributed by atoms with Crippen molar-refractivity contribution in [1.82, 2.24) is 4.98 Å². The molecule has 21 heavy (non-hydrogen) atoms. The molecular weight excluding hydrogens is 278 g/mol. The standard InChI is InChI=1S/C19H22ClN/c1-19(2,3)17-13(7-6-12-20)10-11-15-14-8-4-5-9-16(14)21-18(15)17/h4-5,8-11,21H,6-7,12H2,1-3H3. The minimum atomic E-state index is 0.113. The third kappa shape index (κ3) is 2.55. The molecule has 1 heterocycles. The molecule has 0 radical (unpaired) electrons. The Hall–Kier alpha value is -1.47. The van der Waals surface area contributed by atoms with Crippen LogP contribution in [0.15, 0.2) is 36.4 Å². The Labute approximate surface area is 131 Å². The Morgan fingerprint density at radius 2 is 1.76 bits per heavy atom. The van der Waals surface area contributed by atoms with Gasteiger partial charge in [-0.3, -0.25) is 0 Å². The van der Waals surface area contributed by atoms with Gasteiger partial charge in [-0.2, -0.15) is 0 Å². The number of fused-ring (bicyclic) bond motifs is 3. The fraction of sp³-hybridized carbons (Fsp3) is 0.368. The second-order valence-electron chi connectivity index (χ2n) is 6.74. The summed E-state index contributed by atoms with van der Waals surface area (Å²) in [6.45, 7) is 6.87. The molecule has 1 N–H and O–H groups in total. The van der Waals surface area contributed by atoms with Gasteiger partial charge in [0.2, 0.25) is 0 Å². The average Bonchev–Trinajstić information content (AvgIpc) is 2.81. The van der Waals surface area contributed by atoms with Crippen molar-refractivity contribution >= 4 is 33.4 Å². The van der Waals surface area contributed by atoms with Gasteiger partial charge in [0.05, 0.1) is 5.52 Å². The highest BCUT2D eigenvalue weighted by Gasteiger charge is 2.22. The summed E-state index contributed by atoms with van der Waals surface area (Å²) < 4.78 is 0. The van der Waals surface area contributed by atoms with Gasteiger partial charge in [-0.05, 0) is 35.4 Å². The van der Waals surface area contributed by atoms with E-state index in [9.17, 15) is 0 Å². The molecule has 0 bridgehead atoms. The first-order valence-corrected chi connectivity index (χ1v) is 8.14. The fourth-order valence-electron chi connectivity index (χ4n) is 3.28. The van der Waals surface area contributed by atoms with E-state index in [1.807, 2.05) is 0 Å². The summed E-state index contributed by atoms with van der Waals surface area (Å²) in [6, 6.07) is 13.1. The lowest BCUT2D eigenvalue weighted by Gasteiger charge is -2.24. The summed E-state index contributed by atoms with van der Waals surface area (Å²) in [6.07, 6.45) is 2.07. The van der Waals surface area contributed by atoms with Gasteiger partial charge in [0.25, 0.3) is 0 Å². The van der Waals surface area contributed by atoms with Crippen LogP contribution in [0.4, 0.5) is 0 Å². The van der Waals surface area contributed by atoms with Gasteiger partial charge in [0, 0.05) is 22.2 Å². The number of hydrogen-bond donors (Lipinski definition) is 1. The normalized spacial score (nSPS) is 12.4. The predicted octanol–water partition coefficient (Wildman–Crippen LogP) is 5.79. The molecule has 2 aromatic carbocycles. The average molecular weight is 300 g/mol. The molecule has 0 aliphatic carbocycles. The Morgan fingerprint density at radius 1 is 1.00 bits per heavy atom. The summed E-state index contributed by atoms with van der Waals surface area (Å²) in [5.74, 6) is 0.717.